The summed E-state index contributed by atoms with van der Waals surface area (Å²) in [5.41, 5.74) is 5.16. The molecule has 3 heterocycles. The molecule has 1 atom stereocenters. The van der Waals surface area contributed by atoms with Gasteiger partial charge in [0, 0.05) is 23.6 Å². The van der Waals surface area contributed by atoms with E-state index in [0.29, 0.717) is 12.1 Å². The number of aryl methyl sites for hydroxylation is 1. The van der Waals surface area contributed by atoms with Crippen molar-refractivity contribution in [2.45, 2.75) is 32.1 Å². The number of thiophene rings is 1. The molecule has 3 aromatic heterocycles. The molecule has 0 bridgehead atoms. The molecule has 27 heavy (non-hydrogen) atoms. The van der Waals surface area contributed by atoms with E-state index in [1.54, 1.807) is 11.3 Å². The van der Waals surface area contributed by atoms with Crippen LogP contribution in [0.15, 0.2) is 47.8 Å². The maximum Gasteiger partial charge on any atom is 0.185 e. The summed E-state index contributed by atoms with van der Waals surface area (Å²) in [5, 5.41) is 15.6. The van der Waals surface area contributed by atoms with Crippen LogP contribution < -0.4 is 0 Å². The Bertz CT molecular complexity index is 1130. The van der Waals surface area contributed by atoms with Gasteiger partial charge < -0.3 is 0 Å². The molecule has 0 spiro atoms. The number of Topliss-reactive ketones (excluding diaryl/α,β-unsaturated/α-hetero) is 1. The van der Waals surface area contributed by atoms with Crippen molar-refractivity contribution in [1.29, 1.82) is 0 Å². The smallest absolute Gasteiger partial charge is 0.185 e. The molecule has 5 rings (SSSR count). The maximum atomic E-state index is 12.7. The van der Waals surface area contributed by atoms with Gasteiger partial charge in [-0.15, -0.1) is 21.5 Å². The van der Waals surface area contributed by atoms with Crippen molar-refractivity contribution in [2.24, 2.45) is 0 Å². The van der Waals surface area contributed by atoms with Crippen LogP contribution >= 0.6 is 11.3 Å². The fraction of sp³-hybridized carbons (Fsp3) is 0.238. The van der Waals surface area contributed by atoms with E-state index < -0.39 is 0 Å². The normalized spacial score (nSPS) is 16.6. The van der Waals surface area contributed by atoms with Crippen LogP contribution in [0.2, 0.25) is 0 Å². The summed E-state index contributed by atoms with van der Waals surface area (Å²) in [6.07, 6.45) is 2.04. The predicted octanol–water partition coefficient (Wildman–Crippen LogP) is 4.33. The monoisotopic (exact) mass is 374 g/mol. The number of nitrogens with zero attached hydrogens (tertiary/aromatic N) is 4. The van der Waals surface area contributed by atoms with E-state index >= 15 is 0 Å². The summed E-state index contributed by atoms with van der Waals surface area (Å²) in [4.78, 5) is 14.0. The molecule has 4 aromatic rings. The number of rotatable bonds is 3. The van der Waals surface area contributed by atoms with Crippen LogP contribution in [0.4, 0.5) is 0 Å². The van der Waals surface area contributed by atoms with Crippen LogP contribution in [0.1, 0.15) is 46.0 Å². The molecule has 6 heteroatoms. The Kier molecular flexibility index (Phi) is 3.86. The van der Waals surface area contributed by atoms with E-state index in [1.807, 2.05) is 28.8 Å². The Morgan fingerprint density at radius 3 is 2.70 bits per heavy atom. The Morgan fingerprint density at radius 1 is 1.11 bits per heavy atom. The van der Waals surface area contributed by atoms with Crippen LogP contribution in [0.3, 0.4) is 0 Å². The van der Waals surface area contributed by atoms with Crippen molar-refractivity contribution in [3.63, 3.8) is 0 Å². The number of ketones is 1. The van der Waals surface area contributed by atoms with Crippen LogP contribution in [0.25, 0.3) is 16.8 Å². The van der Waals surface area contributed by atoms with E-state index in [9.17, 15) is 4.79 Å². The number of fused-ring (bicyclic) bond motifs is 3. The van der Waals surface area contributed by atoms with Crippen molar-refractivity contribution in [3.05, 3.63) is 69.8 Å². The minimum atomic E-state index is 0.0545. The van der Waals surface area contributed by atoms with Crippen molar-refractivity contribution in [2.75, 3.05) is 0 Å². The third-order valence-electron chi connectivity index (χ3n) is 5.19. The zero-order valence-corrected chi connectivity index (χ0v) is 15.7. The Labute approximate surface area is 160 Å². The molecule has 0 saturated heterocycles. The highest BCUT2D eigenvalue weighted by molar-refractivity contribution is 7.10. The van der Waals surface area contributed by atoms with E-state index in [2.05, 4.69) is 40.7 Å². The predicted molar refractivity (Wildman–Crippen MR) is 105 cm³/mol. The number of hydrogen-bond donors (Lipinski definition) is 0. The summed E-state index contributed by atoms with van der Waals surface area (Å²) in [7, 11) is 0. The molecule has 0 radical (unpaired) electrons. The van der Waals surface area contributed by atoms with E-state index in [-0.39, 0.29) is 11.7 Å². The summed E-state index contributed by atoms with van der Waals surface area (Å²) in [5.74, 6) is 0.241. The first-order valence-corrected chi connectivity index (χ1v) is 10.0. The molecule has 1 aliphatic rings. The second-order valence-electron chi connectivity index (χ2n) is 6.82. The van der Waals surface area contributed by atoms with Gasteiger partial charge in [0.25, 0.3) is 0 Å². The third kappa shape index (κ3) is 2.59. The molecule has 0 saturated carbocycles. The SMILES string of the molecule is CCc1nn2c3c(nnc2c1-c1ccccc1)C(=O)C[C@@H](c1cccs1)C3. The number of benzene rings is 1. The topological polar surface area (TPSA) is 60.1 Å². The molecule has 0 amide bonds. The van der Waals surface area contributed by atoms with E-state index in [1.165, 1.54) is 4.88 Å². The van der Waals surface area contributed by atoms with Crippen LogP contribution in [0, 0.1) is 0 Å². The van der Waals surface area contributed by atoms with Crippen molar-refractivity contribution in [1.82, 2.24) is 19.8 Å². The molecule has 0 unspecified atom stereocenters. The lowest BCUT2D eigenvalue weighted by Crippen LogP contribution is -2.23. The molecule has 134 valence electrons. The first-order chi connectivity index (χ1) is 13.3. The summed E-state index contributed by atoms with van der Waals surface area (Å²) in [6.45, 7) is 2.09. The first-order valence-electron chi connectivity index (χ1n) is 9.15. The Balaban J connectivity index is 1.72. The average Bonchev–Trinajstić information content (AvgIpc) is 3.36. The number of carbonyl (C=O) groups excluding carboxylic acids is 1. The van der Waals surface area contributed by atoms with Gasteiger partial charge in [-0.25, -0.2) is 4.52 Å². The summed E-state index contributed by atoms with van der Waals surface area (Å²) in [6, 6.07) is 14.3. The minimum Gasteiger partial charge on any atom is -0.292 e. The fourth-order valence-corrected chi connectivity index (χ4v) is 4.72. The summed E-state index contributed by atoms with van der Waals surface area (Å²) < 4.78 is 1.86. The van der Waals surface area contributed by atoms with Gasteiger partial charge >= 0.3 is 0 Å². The number of carbonyl (C=O) groups is 1. The maximum absolute atomic E-state index is 12.7. The summed E-state index contributed by atoms with van der Waals surface area (Å²) >= 11 is 1.70. The molecule has 0 fully saturated rings. The zero-order valence-electron chi connectivity index (χ0n) is 14.9. The number of aromatic nitrogens is 4. The molecule has 0 N–H and O–H groups in total. The lowest BCUT2D eigenvalue weighted by molar-refractivity contribution is 0.0956. The van der Waals surface area contributed by atoms with Crippen molar-refractivity contribution in [3.8, 4) is 11.1 Å². The molecule has 5 nitrogen and oxygen atoms in total. The third-order valence-corrected chi connectivity index (χ3v) is 6.22. The second-order valence-corrected chi connectivity index (χ2v) is 7.80. The number of hydrogen-bond acceptors (Lipinski definition) is 5. The first kappa shape index (κ1) is 16.3. The van der Waals surface area contributed by atoms with Crippen LogP contribution in [-0.2, 0) is 12.8 Å². The average molecular weight is 374 g/mol. The second kappa shape index (κ2) is 6.39. The lowest BCUT2D eigenvalue weighted by Gasteiger charge is -2.21. The molecule has 1 aromatic carbocycles. The van der Waals surface area contributed by atoms with Gasteiger partial charge in [0.2, 0.25) is 0 Å². The highest BCUT2D eigenvalue weighted by atomic mass is 32.1. The van der Waals surface area contributed by atoms with E-state index in [0.717, 1.165) is 41.0 Å². The van der Waals surface area contributed by atoms with Gasteiger partial charge in [-0.1, -0.05) is 43.3 Å². The molecular weight excluding hydrogens is 356 g/mol. The quantitative estimate of drug-likeness (QED) is 0.536. The largest absolute Gasteiger partial charge is 0.292 e. The van der Waals surface area contributed by atoms with Gasteiger partial charge in [-0.2, -0.15) is 5.10 Å². The highest BCUT2D eigenvalue weighted by Gasteiger charge is 2.32. The standard InChI is InChI=1S/C21H18N4OS/c1-2-15-19(13-7-4-3-5-8-13)21-23-22-20-16(25(21)24-15)11-14(12-17(20)26)18-9-6-10-27-18/h3-10,14H,2,11-12H2,1H3/t14-/m0/s1. The van der Waals surface area contributed by atoms with Crippen molar-refractivity contribution >= 4 is 22.8 Å². The van der Waals surface area contributed by atoms with Gasteiger partial charge in [0.1, 0.15) is 0 Å². The minimum absolute atomic E-state index is 0.0545. The molecular formula is C21H18N4OS. The fourth-order valence-electron chi connectivity index (χ4n) is 3.89. The van der Waals surface area contributed by atoms with Gasteiger partial charge in [-0.05, 0) is 23.4 Å². The van der Waals surface area contributed by atoms with Crippen LogP contribution in [-0.4, -0.2) is 25.6 Å². The highest BCUT2D eigenvalue weighted by Crippen LogP contribution is 2.36. The van der Waals surface area contributed by atoms with Crippen molar-refractivity contribution < 1.29 is 4.79 Å². The van der Waals surface area contributed by atoms with Gasteiger partial charge in [-0.3, -0.25) is 4.79 Å². The zero-order chi connectivity index (χ0) is 18.4. The Hall–Kier alpha value is -2.86. The van der Waals surface area contributed by atoms with Crippen LogP contribution in [0.5, 0.6) is 0 Å². The lowest BCUT2D eigenvalue weighted by atomic mass is 9.87. The Morgan fingerprint density at radius 2 is 1.96 bits per heavy atom. The molecule has 1 aliphatic carbocycles. The molecule has 0 aliphatic heterocycles. The van der Waals surface area contributed by atoms with Gasteiger partial charge in [0.15, 0.2) is 17.1 Å². The van der Waals surface area contributed by atoms with Gasteiger partial charge in [0.05, 0.1) is 17.0 Å². The van der Waals surface area contributed by atoms with E-state index in [4.69, 9.17) is 5.10 Å².